The summed E-state index contributed by atoms with van der Waals surface area (Å²) in [7, 11) is 0. The number of pyridine rings is 1. The predicted octanol–water partition coefficient (Wildman–Crippen LogP) is 2.10. The van der Waals surface area contributed by atoms with Gasteiger partial charge in [-0.2, -0.15) is 0 Å². The average Bonchev–Trinajstić information content (AvgIpc) is 2.93. The number of aliphatic hydroxyl groups excluding tert-OH is 1. The van der Waals surface area contributed by atoms with Crippen LogP contribution >= 0.6 is 0 Å². The number of amides is 1. The number of hydrogen-bond donors (Lipinski definition) is 1. The van der Waals surface area contributed by atoms with Crippen LogP contribution in [0.3, 0.4) is 0 Å². The van der Waals surface area contributed by atoms with Gasteiger partial charge >= 0.3 is 0 Å². The van der Waals surface area contributed by atoms with E-state index in [0.29, 0.717) is 18.5 Å². The first kappa shape index (κ1) is 12.8. The number of carbonyl (C=O) groups excluding carboxylic acids is 1. The van der Waals surface area contributed by atoms with Crippen LogP contribution in [0, 0.1) is 6.20 Å². The fourth-order valence-electron chi connectivity index (χ4n) is 2.52. The van der Waals surface area contributed by atoms with Crippen LogP contribution in [-0.2, 0) is 0 Å². The standard InChI is InChI=1S/C16H15N2O2/c19-15-8-4-10-18(15)16(20)14-7-2-1-6-13(14)12-5-3-9-17-11-12/h1-3,5-7,9,15,19H,4,8,10H2. The molecule has 1 amide bonds. The van der Waals surface area contributed by atoms with E-state index in [4.69, 9.17) is 0 Å². The molecule has 2 heterocycles. The lowest BCUT2D eigenvalue weighted by molar-refractivity contribution is 0.0294. The molecule has 1 unspecified atom stereocenters. The van der Waals surface area contributed by atoms with Gasteiger partial charge in [-0.3, -0.25) is 9.78 Å². The number of carbonyl (C=O) groups is 1. The van der Waals surface area contributed by atoms with E-state index >= 15 is 0 Å². The fourth-order valence-corrected chi connectivity index (χ4v) is 2.52. The van der Waals surface area contributed by atoms with E-state index in [-0.39, 0.29) is 5.91 Å². The summed E-state index contributed by atoms with van der Waals surface area (Å²) in [5.74, 6) is -0.136. The molecular weight excluding hydrogens is 252 g/mol. The second-order valence-corrected chi connectivity index (χ2v) is 4.83. The SMILES string of the molecule is O=C(c1ccccc1-c1[c]nccc1)N1CCCC1O. The van der Waals surface area contributed by atoms with Crippen LogP contribution < -0.4 is 0 Å². The highest BCUT2D eigenvalue weighted by Crippen LogP contribution is 2.26. The highest BCUT2D eigenvalue weighted by molar-refractivity contribution is 6.01. The highest BCUT2D eigenvalue weighted by Gasteiger charge is 2.28. The Kier molecular flexibility index (Phi) is 3.48. The number of rotatable bonds is 2. The molecule has 4 nitrogen and oxygen atoms in total. The van der Waals surface area contributed by atoms with Crippen LogP contribution in [0.15, 0.2) is 42.6 Å². The lowest BCUT2D eigenvalue weighted by Crippen LogP contribution is -2.35. The van der Waals surface area contributed by atoms with Crippen molar-refractivity contribution >= 4 is 5.91 Å². The molecule has 2 aromatic rings. The molecule has 1 fully saturated rings. The van der Waals surface area contributed by atoms with Crippen molar-refractivity contribution < 1.29 is 9.90 Å². The van der Waals surface area contributed by atoms with Crippen LogP contribution in [0.25, 0.3) is 11.1 Å². The van der Waals surface area contributed by atoms with Crippen molar-refractivity contribution in [1.82, 2.24) is 9.88 Å². The van der Waals surface area contributed by atoms with Gasteiger partial charge in [0.2, 0.25) is 0 Å². The van der Waals surface area contributed by atoms with E-state index in [9.17, 15) is 9.90 Å². The van der Waals surface area contributed by atoms with E-state index in [2.05, 4.69) is 11.2 Å². The zero-order valence-electron chi connectivity index (χ0n) is 11.0. The van der Waals surface area contributed by atoms with E-state index in [1.807, 2.05) is 30.3 Å². The molecule has 1 N–H and O–H groups in total. The molecule has 20 heavy (non-hydrogen) atoms. The first-order valence-corrected chi connectivity index (χ1v) is 6.68. The number of aliphatic hydroxyl groups is 1. The van der Waals surface area contributed by atoms with Gasteiger partial charge in [0.15, 0.2) is 0 Å². The Bertz CT molecular complexity index is 613. The summed E-state index contributed by atoms with van der Waals surface area (Å²) >= 11 is 0. The monoisotopic (exact) mass is 267 g/mol. The highest BCUT2D eigenvalue weighted by atomic mass is 16.3. The minimum atomic E-state index is -0.673. The summed E-state index contributed by atoms with van der Waals surface area (Å²) in [5, 5.41) is 9.87. The summed E-state index contributed by atoms with van der Waals surface area (Å²) < 4.78 is 0. The van der Waals surface area contributed by atoms with Crippen molar-refractivity contribution in [2.75, 3.05) is 6.54 Å². The summed E-state index contributed by atoms with van der Waals surface area (Å²) in [4.78, 5) is 18.1. The third kappa shape index (κ3) is 2.30. The van der Waals surface area contributed by atoms with Crippen molar-refractivity contribution in [3.63, 3.8) is 0 Å². The fraction of sp³-hybridized carbons (Fsp3) is 0.250. The molecule has 0 spiro atoms. The van der Waals surface area contributed by atoms with Crippen molar-refractivity contribution in [2.45, 2.75) is 19.1 Å². The van der Waals surface area contributed by atoms with Crippen molar-refractivity contribution in [2.24, 2.45) is 0 Å². The zero-order valence-corrected chi connectivity index (χ0v) is 11.0. The van der Waals surface area contributed by atoms with Crippen LogP contribution in [0.5, 0.6) is 0 Å². The Balaban J connectivity index is 2.00. The average molecular weight is 267 g/mol. The molecule has 0 saturated carbocycles. The Labute approximate surface area is 117 Å². The topological polar surface area (TPSA) is 53.4 Å². The van der Waals surface area contributed by atoms with Gasteiger partial charge < -0.3 is 10.0 Å². The number of aromatic nitrogens is 1. The van der Waals surface area contributed by atoms with Gasteiger partial charge in [-0.1, -0.05) is 24.3 Å². The van der Waals surface area contributed by atoms with Gasteiger partial charge in [-0.15, -0.1) is 0 Å². The van der Waals surface area contributed by atoms with E-state index < -0.39 is 6.23 Å². The van der Waals surface area contributed by atoms with Gasteiger partial charge in [0.1, 0.15) is 6.23 Å². The third-order valence-corrected chi connectivity index (χ3v) is 3.54. The second kappa shape index (κ2) is 5.43. The first-order chi connectivity index (χ1) is 9.77. The van der Waals surface area contributed by atoms with E-state index in [0.717, 1.165) is 17.5 Å². The molecule has 1 atom stereocenters. The molecule has 0 aliphatic carbocycles. The molecule has 101 valence electrons. The lowest BCUT2D eigenvalue weighted by Gasteiger charge is -2.21. The van der Waals surface area contributed by atoms with Gasteiger partial charge in [-0.25, -0.2) is 0 Å². The Morgan fingerprint density at radius 2 is 2.15 bits per heavy atom. The Morgan fingerprint density at radius 1 is 1.30 bits per heavy atom. The molecule has 0 bridgehead atoms. The molecular formula is C16H15N2O2. The van der Waals surface area contributed by atoms with Gasteiger partial charge in [0.25, 0.3) is 5.91 Å². The molecule has 1 radical (unpaired) electrons. The van der Waals surface area contributed by atoms with Crippen molar-refractivity contribution in [3.05, 3.63) is 54.4 Å². The van der Waals surface area contributed by atoms with Crippen LogP contribution in [0.4, 0.5) is 0 Å². The zero-order chi connectivity index (χ0) is 13.9. The quantitative estimate of drug-likeness (QED) is 0.906. The van der Waals surface area contributed by atoms with Crippen LogP contribution in [0.2, 0.25) is 0 Å². The Morgan fingerprint density at radius 3 is 2.85 bits per heavy atom. The first-order valence-electron chi connectivity index (χ1n) is 6.68. The third-order valence-electron chi connectivity index (χ3n) is 3.54. The van der Waals surface area contributed by atoms with Crippen molar-refractivity contribution in [3.8, 4) is 11.1 Å². The molecule has 4 heteroatoms. The van der Waals surface area contributed by atoms with Crippen LogP contribution in [0.1, 0.15) is 23.2 Å². The predicted molar refractivity (Wildman–Crippen MR) is 74.8 cm³/mol. The van der Waals surface area contributed by atoms with Gasteiger partial charge in [0.05, 0.1) is 6.20 Å². The molecule has 1 aliphatic rings. The summed E-state index contributed by atoms with van der Waals surface area (Å²) in [5.41, 5.74) is 2.16. The van der Waals surface area contributed by atoms with Gasteiger partial charge in [-0.05, 0) is 30.5 Å². The molecule has 3 rings (SSSR count). The molecule has 1 aliphatic heterocycles. The smallest absolute Gasteiger partial charge is 0.256 e. The maximum absolute atomic E-state index is 12.6. The van der Waals surface area contributed by atoms with E-state index in [1.165, 1.54) is 4.90 Å². The van der Waals surface area contributed by atoms with E-state index in [1.54, 1.807) is 12.3 Å². The maximum atomic E-state index is 12.6. The second-order valence-electron chi connectivity index (χ2n) is 4.83. The minimum absolute atomic E-state index is 0.136. The minimum Gasteiger partial charge on any atom is -0.374 e. The maximum Gasteiger partial charge on any atom is 0.256 e. The molecule has 1 saturated heterocycles. The number of likely N-dealkylation sites (tertiary alicyclic amines) is 1. The number of hydrogen-bond acceptors (Lipinski definition) is 3. The number of benzene rings is 1. The number of nitrogens with zero attached hydrogens (tertiary/aromatic N) is 2. The molecule has 1 aromatic carbocycles. The van der Waals surface area contributed by atoms with Crippen molar-refractivity contribution in [1.29, 1.82) is 0 Å². The van der Waals surface area contributed by atoms with Crippen LogP contribution in [-0.4, -0.2) is 33.7 Å². The Hall–Kier alpha value is -2.20. The van der Waals surface area contributed by atoms with Gasteiger partial charge in [0, 0.05) is 23.9 Å². The normalized spacial score (nSPS) is 18.2. The summed E-state index contributed by atoms with van der Waals surface area (Å²) in [6.45, 7) is 0.602. The summed E-state index contributed by atoms with van der Waals surface area (Å²) in [6.07, 6.45) is 5.36. The summed E-state index contributed by atoms with van der Waals surface area (Å²) in [6, 6.07) is 11.1. The molecule has 1 aromatic heterocycles. The lowest BCUT2D eigenvalue weighted by atomic mass is 10.0. The largest absolute Gasteiger partial charge is 0.374 e.